The second-order valence-electron chi connectivity index (χ2n) is 12.4. The number of imide groups is 1. The summed E-state index contributed by atoms with van der Waals surface area (Å²) >= 11 is 0. The van der Waals surface area contributed by atoms with Crippen LogP contribution < -0.4 is 10.2 Å². The maximum atomic E-state index is 15.0. The number of ether oxygens (including phenoxy) is 1. The van der Waals surface area contributed by atoms with Gasteiger partial charge in [0.2, 0.25) is 11.8 Å². The van der Waals surface area contributed by atoms with Crippen molar-refractivity contribution in [2.24, 2.45) is 5.41 Å². The van der Waals surface area contributed by atoms with E-state index in [9.17, 15) is 23.2 Å². The molecule has 1 aliphatic carbocycles. The third kappa shape index (κ3) is 5.51. The first-order valence-corrected chi connectivity index (χ1v) is 13.7. The molecule has 1 aromatic rings. The van der Waals surface area contributed by atoms with E-state index in [0.29, 0.717) is 24.8 Å². The summed E-state index contributed by atoms with van der Waals surface area (Å²) < 4.78 is 35.5. The fraction of sp³-hybridized carbons (Fsp3) is 0.679. The first-order chi connectivity index (χ1) is 17.9. The lowest BCUT2D eigenvalue weighted by molar-refractivity contribution is -0.134. The second kappa shape index (κ2) is 10.1. The maximum absolute atomic E-state index is 15.0. The topological polar surface area (TPSA) is 82.2 Å². The van der Waals surface area contributed by atoms with Crippen LogP contribution in [0.2, 0.25) is 0 Å². The third-order valence-electron chi connectivity index (χ3n) is 8.57. The quantitative estimate of drug-likeness (QED) is 0.597. The Morgan fingerprint density at radius 2 is 1.61 bits per heavy atom. The molecule has 5 rings (SSSR count). The number of likely N-dealkylation sites (tertiary alicyclic amines) is 1. The summed E-state index contributed by atoms with van der Waals surface area (Å²) in [5, 5.41) is 2.17. The van der Waals surface area contributed by atoms with Gasteiger partial charge in [-0.2, -0.15) is 0 Å². The van der Waals surface area contributed by atoms with E-state index in [1.54, 1.807) is 0 Å². The van der Waals surface area contributed by atoms with Crippen LogP contribution in [0.5, 0.6) is 0 Å². The molecule has 1 N–H and O–H groups in total. The maximum Gasteiger partial charge on any atom is 0.410 e. The number of hydrogen-bond donors (Lipinski definition) is 1. The fourth-order valence-electron chi connectivity index (χ4n) is 6.52. The predicted octanol–water partition coefficient (Wildman–Crippen LogP) is 3.79. The van der Waals surface area contributed by atoms with Gasteiger partial charge in [-0.3, -0.25) is 19.8 Å². The van der Waals surface area contributed by atoms with Crippen molar-refractivity contribution >= 4 is 23.6 Å². The van der Waals surface area contributed by atoms with E-state index in [4.69, 9.17) is 4.74 Å². The summed E-state index contributed by atoms with van der Waals surface area (Å²) in [6.45, 7) is 10.2. The number of amides is 3. The minimum Gasteiger partial charge on any atom is -0.444 e. The van der Waals surface area contributed by atoms with E-state index in [0.717, 1.165) is 51.9 Å². The number of benzene rings is 1. The van der Waals surface area contributed by atoms with E-state index in [1.807, 2.05) is 30.6 Å². The smallest absolute Gasteiger partial charge is 0.410 e. The standard InChI is InChI=1S/C28H38F2N4O4/c1-27(2,3)38-26(37)34-16-28(17-34)8-6-18(7-9-28)32-10-12-33(13-11-32)19-14-21(29)24(22(30)15-19)20-4-5-23(35)31-25(20)36/h14-15,18,20H,4-13,16-17H2,1-3H3,(H,31,35,36). The number of halogens is 2. The van der Waals surface area contributed by atoms with Crippen LogP contribution in [0, 0.1) is 17.0 Å². The summed E-state index contributed by atoms with van der Waals surface area (Å²) in [6, 6.07) is 3.12. The van der Waals surface area contributed by atoms with Crippen LogP contribution in [0.15, 0.2) is 12.1 Å². The molecule has 1 atom stereocenters. The lowest BCUT2D eigenvalue weighted by Crippen LogP contribution is -2.61. The molecule has 10 heteroatoms. The first kappa shape index (κ1) is 26.8. The van der Waals surface area contributed by atoms with Gasteiger partial charge in [-0.1, -0.05) is 0 Å². The Balaban J connectivity index is 1.12. The molecule has 3 aliphatic heterocycles. The average Bonchev–Trinajstić information content (AvgIpc) is 2.82. The molecule has 1 saturated carbocycles. The molecule has 4 fully saturated rings. The van der Waals surface area contributed by atoms with E-state index < -0.39 is 35.0 Å². The van der Waals surface area contributed by atoms with Crippen molar-refractivity contribution in [3.63, 3.8) is 0 Å². The predicted molar refractivity (Wildman–Crippen MR) is 138 cm³/mol. The Labute approximate surface area is 222 Å². The number of hydrogen-bond acceptors (Lipinski definition) is 6. The molecule has 1 spiro atoms. The van der Waals surface area contributed by atoms with Gasteiger partial charge in [-0.15, -0.1) is 0 Å². The van der Waals surface area contributed by atoms with E-state index in [-0.39, 0.29) is 29.9 Å². The summed E-state index contributed by atoms with van der Waals surface area (Å²) in [5.41, 5.74) is -0.0360. The van der Waals surface area contributed by atoms with Crippen LogP contribution in [0.4, 0.5) is 19.3 Å². The Kier molecular flexibility index (Phi) is 7.13. The molecule has 3 saturated heterocycles. The highest BCUT2D eigenvalue weighted by molar-refractivity contribution is 6.01. The molecule has 8 nitrogen and oxygen atoms in total. The largest absolute Gasteiger partial charge is 0.444 e. The van der Waals surface area contributed by atoms with Crippen LogP contribution in [-0.4, -0.2) is 78.6 Å². The van der Waals surface area contributed by atoms with Gasteiger partial charge in [0.1, 0.15) is 17.2 Å². The highest BCUT2D eigenvalue weighted by Crippen LogP contribution is 2.45. The van der Waals surface area contributed by atoms with Crippen molar-refractivity contribution in [2.45, 2.75) is 76.9 Å². The van der Waals surface area contributed by atoms with Gasteiger partial charge in [0, 0.05) is 68.4 Å². The van der Waals surface area contributed by atoms with Gasteiger partial charge >= 0.3 is 6.09 Å². The minimum atomic E-state index is -0.986. The molecule has 38 heavy (non-hydrogen) atoms. The third-order valence-corrected chi connectivity index (χ3v) is 8.57. The highest BCUT2D eigenvalue weighted by atomic mass is 19.1. The van der Waals surface area contributed by atoms with Crippen molar-refractivity contribution in [3.8, 4) is 0 Å². The van der Waals surface area contributed by atoms with Crippen LogP contribution in [0.25, 0.3) is 0 Å². The lowest BCUT2D eigenvalue weighted by Gasteiger charge is -2.54. The van der Waals surface area contributed by atoms with Crippen molar-refractivity contribution < 1.29 is 27.9 Å². The summed E-state index contributed by atoms with van der Waals surface area (Å²) in [4.78, 5) is 42.1. The molecule has 3 heterocycles. The molecule has 4 aliphatic rings. The SMILES string of the molecule is CC(C)(C)OC(=O)N1CC2(CCC(N3CCN(c4cc(F)c(C5CCC(=O)NC5=O)c(F)c4)CC3)CC2)C1. The van der Waals surface area contributed by atoms with E-state index >= 15 is 0 Å². The first-order valence-electron chi connectivity index (χ1n) is 13.7. The zero-order chi connectivity index (χ0) is 27.2. The number of nitrogens with zero attached hydrogens (tertiary/aromatic N) is 3. The van der Waals surface area contributed by atoms with Crippen molar-refractivity contribution in [2.75, 3.05) is 44.2 Å². The monoisotopic (exact) mass is 532 g/mol. The van der Waals surface area contributed by atoms with E-state index in [2.05, 4.69) is 10.2 Å². The summed E-state index contributed by atoms with van der Waals surface area (Å²) in [5.74, 6) is -3.52. The molecule has 0 aromatic heterocycles. The van der Waals surface area contributed by atoms with Crippen LogP contribution in [0.1, 0.15) is 70.8 Å². The summed E-state index contributed by atoms with van der Waals surface area (Å²) in [7, 11) is 0. The van der Waals surface area contributed by atoms with Crippen LogP contribution in [-0.2, 0) is 14.3 Å². The van der Waals surface area contributed by atoms with Gasteiger partial charge in [0.05, 0.1) is 5.92 Å². The number of piperidine rings is 1. The Hall–Kier alpha value is -2.75. The van der Waals surface area contributed by atoms with Crippen LogP contribution >= 0.6 is 0 Å². The molecule has 1 aromatic carbocycles. The normalized spacial score (nSPS) is 24.8. The zero-order valence-corrected chi connectivity index (χ0v) is 22.5. The van der Waals surface area contributed by atoms with Gasteiger partial charge in [-0.25, -0.2) is 13.6 Å². The number of rotatable bonds is 3. The highest BCUT2D eigenvalue weighted by Gasteiger charge is 2.48. The minimum absolute atomic E-state index is 0.0727. The summed E-state index contributed by atoms with van der Waals surface area (Å²) in [6.07, 6.45) is 4.32. The van der Waals surface area contributed by atoms with Crippen LogP contribution in [0.3, 0.4) is 0 Å². The number of piperazine rings is 1. The van der Waals surface area contributed by atoms with Crippen molar-refractivity contribution in [1.82, 2.24) is 15.1 Å². The Morgan fingerprint density at radius 3 is 2.16 bits per heavy atom. The number of carbonyl (C=O) groups is 3. The zero-order valence-electron chi connectivity index (χ0n) is 22.5. The average molecular weight is 533 g/mol. The number of nitrogens with one attached hydrogen (secondary N) is 1. The lowest BCUT2D eigenvalue weighted by atomic mass is 9.67. The Morgan fingerprint density at radius 1 is 1.00 bits per heavy atom. The van der Waals surface area contributed by atoms with Crippen molar-refractivity contribution in [1.29, 1.82) is 0 Å². The molecule has 0 radical (unpaired) electrons. The fourth-order valence-corrected chi connectivity index (χ4v) is 6.52. The molecule has 1 unspecified atom stereocenters. The second-order valence-corrected chi connectivity index (χ2v) is 12.4. The number of anilines is 1. The van der Waals surface area contributed by atoms with Gasteiger partial charge in [-0.05, 0) is 65.0 Å². The van der Waals surface area contributed by atoms with Gasteiger partial charge in [0.15, 0.2) is 0 Å². The molecular formula is C28H38F2N4O4. The van der Waals surface area contributed by atoms with Crippen molar-refractivity contribution in [3.05, 3.63) is 29.3 Å². The molecule has 0 bridgehead atoms. The Bertz CT molecular complexity index is 1070. The van der Waals surface area contributed by atoms with E-state index in [1.165, 1.54) is 12.1 Å². The molecule has 3 amide bonds. The van der Waals surface area contributed by atoms with Gasteiger partial charge in [0.25, 0.3) is 0 Å². The molecular weight excluding hydrogens is 494 g/mol. The molecule has 208 valence electrons. The van der Waals surface area contributed by atoms with Gasteiger partial charge < -0.3 is 14.5 Å². The number of carbonyl (C=O) groups excluding carboxylic acids is 3.